The molecular formula is C31H33F2NO. The Labute approximate surface area is 206 Å². The molecule has 0 amide bonds. The monoisotopic (exact) mass is 473 g/mol. The number of benzene rings is 3. The van der Waals surface area contributed by atoms with Crippen molar-refractivity contribution in [2.24, 2.45) is 0 Å². The zero-order valence-electron chi connectivity index (χ0n) is 20.8. The maximum Gasteiger partial charge on any atom is 0.165 e. The Bertz CT molecular complexity index is 1320. The predicted molar refractivity (Wildman–Crippen MR) is 139 cm³/mol. The number of halogens is 2. The van der Waals surface area contributed by atoms with Crippen molar-refractivity contribution < 1.29 is 13.6 Å². The van der Waals surface area contributed by atoms with Gasteiger partial charge in [0, 0.05) is 35.1 Å². The Morgan fingerprint density at radius 2 is 1.57 bits per heavy atom. The van der Waals surface area contributed by atoms with E-state index in [9.17, 15) is 13.6 Å². The van der Waals surface area contributed by atoms with E-state index in [1.807, 2.05) is 18.2 Å². The molecule has 1 heterocycles. The zero-order chi connectivity index (χ0) is 24.9. The minimum Gasteiger partial charge on any atom is -0.339 e. The maximum atomic E-state index is 13.7. The van der Waals surface area contributed by atoms with Crippen LogP contribution in [0.1, 0.15) is 78.7 Å². The molecule has 4 heteroatoms. The number of nitrogens with zero attached hydrogens (tertiary/aromatic N) is 1. The van der Waals surface area contributed by atoms with E-state index >= 15 is 0 Å². The predicted octanol–water partition coefficient (Wildman–Crippen LogP) is 8.25. The summed E-state index contributed by atoms with van der Waals surface area (Å²) in [4.78, 5) is 13.7. The SMILES string of the molecule is CCCCc1ccc2c(C(=O)CCc3ccc(F)c(F)c3)c(C(C)C)n(Cc3ccccc3)c2c1. The molecule has 0 N–H and O–H groups in total. The lowest BCUT2D eigenvalue weighted by molar-refractivity contribution is 0.0983. The summed E-state index contributed by atoms with van der Waals surface area (Å²) in [6.45, 7) is 7.13. The third-order valence-corrected chi connectivity index (χ3v) is 6.62. The molecule has 0 saturated heterocycles. The summed E-state index contributed by atoms with van der Waals surface area (Å²) in [5.74, 6) is -1.56. The van der Waals surface area contributed by atoms with E-state index in [1.165, 1.54) is 17.2 Å². The van der Waals surface area contributed by atoms with Crippen molar-refractivity contribution in [3.8, 4) is 0 Å². The lowest BCUT2D eigenvalue weighted by Gasteiger charge is -2.15. The average molecular weight is 474 g/mol. The third-order valence-electron chi connectivity index (χ3n) is 6.62. The normalized spacial score (nSPS) is 11.5. The number of ketones is 1. The van der Waals surface area contributed by atoms with Crippen LogP contribution in [0.2, 0.25) is 0 Å². The van der Waals surface area contributed by atoms with Crippen LogP contribution in [0.5, 0.6) is 0 Å². The van der Waals surface area contributed by atoms with Crippen LogP contribution in [0.15, 0.2) is 66.7 Å². The molecule has 4 aromatic rings. The second kappa shape index (κ2) is 11.0. The Morgan fingerprint density at radius 1 is 0.857 bits per heavy atom. The van der Waals surface area contributed by atoms with Gasteiger partial charge in [0.2, 0.25) is 0 Å². The van der Waals surface area contributed by atoms with Gasteiger partial charge < -0.3 is 4.57 Å². The smallest absolute Gasteiger partial charge is 0.165 e. The first-order valence-electron chi connectivity index (χ1n) is 12.5. The van der Waals surface area contributed by atoms with E-state index in [0.717, 1.165) is 47.5 Å². The molecule has 3 aromatic carbocycles. The molecular weight excluding hydrogens is 440 g/mol. The molecule has 0 aliphatic heterocycles. The van der Waals surface area contributed by atoms with Gasteiger partial charge in [-0.2, -0.15) is 0 Å². The minimum absolute atomic E-state index is 0.0385. The number of carbonyl (C=O) groups is 1. The van der Waals surface area contributed by atoms with Crippen LogP contribution in [0, 0.1) is 11.6 Å². The van der Waals surface area contributed by atoms with Crippen LogP contribution >= 0.6 is 0 Å². The highest BCUT2D eigenvalue weighted by Crippen LogP contribution is 2.34. The number of hydrogen-bond acceptors (Lipinski definition) is 1. The summed E-state index contributed by atoms with van der Waals surface area (Å²) >= 11 is 0. The summed E-state index contributed by atoms with van der Waals surface area (Å²) in [5, 5.41) is 0.972. The van der Waals surface area contributed by atoms with Gasteiger partial charge in [-0.25, -0.2) is 8.78 Å². The molecule has 0 saturated carbocycles. The first-order chi connectivity index (χ1) is 16.9. The van der Waals surface area contributed by atoms with Gasteiger partial charge in [0.05, 0.1) is 0 Å². The topological polar surface area (TPSA) is 22.0 Å². The van der Waals surface area contributed by atoms with E-state index in [1.54, 1.807) is 6.07 Å². The highest BCUT2D eigenvalue weighted by molar-refractivity contribution is 6.10. The maximum absolute atomic E-state index is 13.7. The number of rotatable bonds is 10. The molecule has 35 heavy (non-hydrogen) atoms. The van der Waals surface area contributed by atoms with Crippen molar-refractivity contribution in [2.75, 3.05) is 0 Å². The quantitative estimate of drug-likeness (QED) is 0.213. The Kier molecular flexibility index (Phi) is 7.80. The Morgan fingerprint density at radius 3 is 2.26 bits per heavy atom. The lowest BCUT2D eigenvalue weighted by atomic mass is 9.95. The van der Waals surface area contributed by atoms with Gasteiger partial charge in [-0.15, -0.1) is 0 Å². The first kappa shape index (κ1) is 24.8. The minimum atomic E-state index is -0.878. The standard InChI is InChI=1S/C31H33F2NO/c1-4-5-9-22-12-15-25-28(19-22)34(20-24-10-7-6-8-11-24)31(21(2)3)30(25)29(35)17-14-23-13-16-26(32)27(33)18-23/h6-8,10-13,15-16,18-19,21H,4-5,9,14,17,20H2,1-3H3. The fraction of sp³-hybridized carbons (Fsp3) is 0.323. The summed E-state index contributed by atoms with van der Waals surface area (Å²) in [7, 11) is 0. The fourth-order valence-electron chi connectivity index (χ4n) is 4.86. The van der Waals surface area contributed by atoms with Crippen LogP contribution in [-0.2, 0) is 19.4 Å². The highest BCUT2D eigenvalue weighted by atomic mass is 19.2. The fourth-order valence-corrected chi connectivity index (χ4v) is 4.86. The number of Topliss-reactive ketones (excluding diaryl/α,β-unsaturated/α-hetero) is 1. The molecule has 182 valence electrons. The van der Waals surface area contributed by atoms with Crippen LogP contribution in [0.4, 0.5) is 8.78 Å². The van der Waals surface area contributed by atoms with Gasteiger partial charge in [-0.3, -0.25) is 4.79 Å². The molecule has 0 aliphatic carbocycles. The van der Waals surface area contributed by atoms with Crippen molar-refractivity contribution in [3.05, 3.63) is 106 Å². The molecule has 0 bridgehead atoms. The number of aryl methyl sites for hydroxylation is 2. The molecule has 0 aliphatic rings. The van der Waals surface area contributed by atoms with Crippen molar-refractivity contribution in [1.82, 2.24) is 4.57 Å². The lowest BCUT2D eigenvalue weighted by Crippen LogP contribution is -2.11. The number of fused-ring (bicyclic) bond motifs is 1. The number of unbranched alkanes of at least 4 members (excludes halogenated alkanes) is 1. The van der Waals surface area contributed by atoms with E-state index in [0.29, 0.717) is 18.5 Å². The largest absolute Gasteiger partial charge is 0.339 e. The van der Waals surface area contributed by atoms with Crippen LogP contribution in [0.3, 0.4) is 0 Å². The van der Waals surface area contributed by atoms with E-state index in [-0.39, 0.29) is 18.1 Å². The number of aromatic nitrogens is 1. The molecule has 0 atom stereocenters. The highest BCUT2D eigenvalue weighted by Gasteiger charge is 2.24. The van der Waals surface area contributed by atoms with Crippen LogP contribution in [0.25, 0.3) is 10.9 Å². The van der Waals surface area contributed by atoms with Gasteiger partial charge in [0.25, 0.3) is 0 Å². The number of carbonyl (C=O) groups excluding carboxylic acids is 1. The van der Waals surface area contributed by atoms with Gasteiger partial charge >= 0.3 is 0 Å². The van der Waals surface area contributed by atoms with Gasteiger partial charge in [-0.1, -0.05) is 75.7 Å². The van der Waals surface area contributed by atoms with E-state index in [4.69, 9.17) is 0 Å². The van der Waals surface area contributed by atoms with Crippen LogP contribution < -0.4 is 0 Å². The Balaban J connectivity index is 1.77. The third kappa shape index (κ3) is 5.53. The summed E-state index contributed by atoms with van der Waals surface area (Å²) < 4.78 is 29.3. The van der Waals surface area contributed by atoms with Gasteiger partial charge in [-0.05, 0) is 60.1 Å². The zero-order valence-corrected chi connectivity index (χ0v) is 20.8. The second-order valence-electron chi connectivity index (χ2n) is 9.61. The molecule has 4 rings (SSSR count). The molecule has 2 nitrogen and oxygen atoms in total. The Hall–Kier alpha value is -3.27. The molecule has 0 spiro atoms. The molecule has 0 fully saturated rings. The molecule has 1 aromatic heterocycles. The molecule has 0 radical (unpaired) electrons. The van der Waals surface area contributed by atoms with Crippen LogP contribution in [-0.4, -0.2) is 10.4 Å². The van der Waals surface area contributed by atoms with Gasteiger partial charge in [0.1, 0.15) is 0 Å². The van der Waals surface area contributed by atoms with E-state index < -0.39 is 11.6 Å². The van der Waals surface area contributed by atoms with Gasteiger partial charge in [0.15, 0.2) is 17.4 Å². The van der Waals surface area contributed by atoms with E-state index in [2.05, 4.69) is 55.7 Å². The number of hydrogen-bond donors (Lipinski definition) is 0. The van der Waals surface area contributed by atoms with Crippen molar-refractivity contribution >= 4 is 16.7 Å². The second-order valence-corrected chi connectivity index (χ2v) is 9.61. The van der Waals surface area contributed by atoms with Crippen molar-refractivity contribution in [1.29, 1.82) is 0 Å². The summed E-state index contributed by atoms with van der Waals surface area (Å²) in [6, 6.07) is 20.6. The molecule has 0 unspecified atom stereocenters. The summed E-state index contributed by atoms with van der Waals surface area (Å²) in [5.41, 5.74) is 5.97. The van der Waals surface area contributed by atoms with Crippen molar-refractivity contribution in [2.45, 2.75) is 65.3 Å². The first-order valence-corrected chi connectivity index (χ1v) is 12.5. The summed E-state index contributed by atoms with van der Waals surface area (Å²) in [6.07, 6.45) is 3.88. The van der Waals surface area contributed by atoms with Crippen molar-refractivity contribution in [3.63, 3.8) is 0 Å². The average Bonchev–Trinajstić information content (AvgIpc) is 3.17.